The molecular weight excluding hydrogens is 590 g/mol. The highest BCUT2D eigenvalue weighted by Gasteiger charge is 2.48. The summed E-state index contributed by atoms with van der Waals surface area (Å²) >= 11 is 1.45. The van der Waals surface area contributed by atoms with Crippen LogP contribution in [0.2, 0.25) is 0 Å². The summed E-state index contributed by atoms with van der Waals surface area (Å²) in [5.74, 6) is -0.317. The number of fused-ring (bicyclic) bond motifs is 2. The van der Waals surface area contributed by atoms with E-state index in [0.29, 0.717) is 12.4 Å². The molecule has 0 aliphatic carbocycles. The monoisotopic (exact) mass is 625 g/mol. The molecule has 2 aromatic carbocycles. The number of aromatic amines is 1. The number of benzene rings is 2. The third kappa shape index (κ3) is 6.39. The second-order valence-corrected chi connectivity index (χ2v) is 12.0. The lowest BCUT2D eigenvalue weighted by Gasteiger charge is -2.38. The van der Waals surface area contributed by atoms with Crippen LogP contribution in [0.5, 0.6) is 11.5 Å². The van der Waals surface area contributed by atoms with Gasteiger partial charge in [0.2, 0.25) is 11.8 Å². The topological polar surface area (TPSA) is 165 Å². The van der Waals surface area contributed by atoms with Crippen molar-refractivity contribution in [1.29, 1.82) is 0 Å². The molecule has 2 aromatic heterocycles. The number of H-pyrrole nitrogens is 1. The molecule has 4 heterocycles. The molecule has 13 heteroatoms. The molecule has 0 spiro atoms. The predicted molar refractivity (Wildman–Crippen MR) is 165 cm³/mol. The van der Waals surface area contributed by atoms with Crippen LogP contribution in [0.1, 0.15) is 12.8 Å². The highest BCUT2D eigenvalue weighted by molar-refractivity contribution is 7.17. The summed E-state index contributed by atoms with van der Waals surface area (Å²) in [7, 11) is 0. The number of carboxylic acid groups (broad SMARTS) is 1. The lowest BCUT2D eigenvalue weighted by atomic mass is 9.99. The van der Waals surface area contributed by atoms with E-state index in [2.05, 4.69) is 14.8 Å². The van der Waals surface area contributed by atoms with E-state index in [1.165, 1.54) is 17.4 Å². The lowest BCUT2D eigenvalue weighted by Crippen LogP contribution is -2.61. The van der Waals surface area contributed by atoms with Gasteiger partial charge in [0.1, 0.15) is 29.8 Å². The normalized spacial score (nSPS) is 24.5. The molecule has 6 rings (SSSR count). The number of thiophene rings is 1. The molecule has 0 radical (unpaired) electrons. The number of rotatable bonds is 10. The number of unbranched alkanes of at least 4 members (excludes halogenated alkanes) is 1. The van der Waals surface area contributed by atoms with E-state index in [4.69, 9.17) is 14.2 Å². The maximum absolute atomic E-state index is 11.6. The minimum absolute atomic E-state index is 0.132. The highest BCUT2D eigenvalue weighted by Crippen LogP contribution is 2.39. The first-order valence-corrected chi connectivity index (χ1v) is 15.5. The number of aliphatic hydroxyl groups is 3. The molecule has 234 valence electrons. The van der Waals surface area contributed by atoms with Crippen molar-refractivity contribution in [2.75, 3.05) is 44.2 Å². The molecular formula is C31H35N3O9S. The van der Waals surface area contributed by atoms with Gasteiger partial charge in [-0.05, 0) is 66.6 Å². The third-order valence-electron chi connectivity index (χ3n) is 8.16. The highest BCUT2D eigenvalue weighted by atomic mass is 32.1. The average molecular weight is 626 g/mol. The number of hydrogen-bond donors (Lipinski definition) is 5. The van der Waals surface area contributed by atoms with E-state index in [0.717, 1.165) is 78.0 Å². The van der Waals surface area contributed by atoms with Gasteiger partial charge < -0.3 is 44.5 Å². The number of ether oxygens (including phenoxy) is 3. The van der Waals surface area contributed by atoms with E-state index >= 15 is 0 Å². The number of aliphatic carboxylic acids is 1. The quantitative estimate of drug-likeness (QED) is 0.164. The van der Waals surface area contributed by atoms with E-state index in [1.54, 1.807) is 12.1 Å². The van der Waals surface area contributed by atoms with Gasteiger partial charge >= 0.3 is 5.97 Å². The second-order valence-electron chi connectivity index (χ2n) is 11.1. The fraction of sp³-hybridized carbons (Fsp3) is 0.419. The number of nitrogens with zero attached hydrogens (tertiary/aromatic N) is 2. The summed E-state index contributed by atoms with van der Waals surface area (Å²) in [5.41, 5.74) is 1.69. The number of pyridine rings is 1. The number of nitrogens with one attached hydrogen (secondary N) is 1. The molecule has 0 unspecified atom stereocenters. The Balaban J connectivity index is 0.996. The SMILES string of the molecule is O=C(O)[C@H]1O[C@@H](Oc2ccc(N3CCN(CCCCOc4ccc5ccc(=O)[nH]c5c4)CC3)c3ccsc23)[C@H](O)[C@@H](O)[C@@H]1O. The van der Waals surface area contributed by atoms with Crippen molar-refractivity contribution in [3.63, 3.8) is 0 Å². The number of carboxylic acids is 1. The molecule has 2 aliphatic rings. The molecule has 2 fully saturated rings. The zero-order valence-corrected chi connectivity index (χ0v) is 24.7. The van der Waals surface area contributed by atoms with Gasteiger partial charge in [0, 0.05) is 49.4 Å². The van der Waals surface area contributed by atoms with Gasteiger partial charge in [-0.3, -0.25) is 9.69 Å². The van der Waals surface area contributed by atoms with Crippen LogP contribution in [0.4, 0.5) is 5.69 Å². The molecule has 0 bridgehead atoms. The molecule has 2 saturated heterocycles. The van der Waals surface area contributed by atoms with Crippen LogP contribution in [0.3, 0.4) is 0 Å². The van der Waals surface area contributed by atoms with Crippen LogP contribution in [0.25, 0.3) is 21.0 Å². The number of hydrogen-bond acceptors (Lipinski definition) is 11. The standard InChI is InChI=1S/C31H35N3O9S/c35-24-8-4-18-3-5-19(17-21(18)32-24)41-15-2-1-10-33-11-13-34(14-12-33)22-6-7-23(29-20(22)9-16-44-29)42-31-27(38)25(36)26(37)28(43-31)30(39)40/h3-9,16-17,25-28,31,36-38H,1-2,10-15H2,(H,32,35)(H,39,40)/t25-,26-,27+,28-,31+/m0/s1. The summed E-state index contributed by atoms with van der Waals surface area (Å²) < 4.78 is 17.9. The van der Waals surface area contributed by atoms with Crippen molar-refractivity contribution in [2.24, 2.45) is 0 Å². The molecule has 44 heavy (non-hydrogen) atoms. The van der Waals surface area contributed by atoms with Gasteiger partial charge in [0.15, 0.2) is 6.10 Å². The molecule has 0 saturated carbocycles. The first-order valence-electron chi connectivity index (χ1n) is 14.6. The number of aromatic nitrogens is 1. The van der Waals surface area contributed by atoms with Crippen LogP contribution >= 0.6 is 11.3 Å². The van der Waals surface area contributed by atoms with E-state index in [1.807, 2.05) is 35.7 Å². The summed E-state index contributed by atoms with van der Waals surface area (Å²) in [6.07, 6.45) is -6.38. The van der Waals surface area contributed by atoms with Gasteiger partial charge in [-0.25, -0.2) is 4.79 Å². The number of piperazine rings is 1. The molecule has 5 atom stereocenters. The number of anilines is 1. The average Bonchev–Trinajstić information content (AvgIpc) is 3.52. The third-order valence-corrected chi connectivity index (χ3v) is 9.09. The Morgan fingerprint density at radius 3 is 2.57 bits per heavy atom. The molecule has 5 N–H and O–H groups in total. The largest absolute Gasteiger partial charge is 0.494 e. The Hall–Kier alpha value is -3.72. The Kier molecular flexibility index (Phi) is 9.03. The van der Waals surface area contributed by atoms with E-state index < -0.39 is 36.7 Å². The van der Waals surface area contributed by atoms with Crippen LogP contribution in [0, 0.1) is 0 Å². The Bertz CT molecular complexity index is 1670. The minimum Gasteiger partial charge on any atom is -0.494 e. The van der Waals surface area contributed by atoms with E-state index in [-0.39, 0.29) is 5.56 Å². The second kappa shape index (κ2) is 13.1. The fourth-order valence-corrected chi connectivity index (χ4v) is 6.60. The lowest BCUT2D eigenvalue weighted by molar-refractivity contribution is -0.270. The van der Waals surface area contributed by atoms with Crippen molar-refractivity contribution in [1.82, 2.24) is 9.88 Å². The fourth-order valence-electron chi connectivity index (χ4n) is 5.72. The van der Waals surface area contributed by atoms with Gasteiger partial charge in [-0.2, -0.15) is 0 Å². The summed E-state index contributed by atoms with van der Waals surface area (Å²) in [4.78, 5) is 30.6. The van der Waals surface area contributed by atoms with Gasteiger partial charge in [-0.15, -0.1) is 11.3 Å². The number of aliphatic hydroxyl groups excluding tert-OH is 3. The zero-order chi connectivity index (χ0) is 30.8. The molecule has 0 amide bonds. The summed E-state index contributed by atoms with van der Waals surface area (Å²) in [6.45, 7) is 5.12. The Morgan fingerprint density at radius 2 is 1.77 bits per heavy atom. The predicted octanol–water partition coefficient (Wildman–Crippen LogP) is 1.99. The van der Waals surface area contributed by atoms with Crippen LogP contribution in [0.15, 0.2) is 58.7 Å². The maximum atomic E-state index is 11.6. The van der Waals surface area contributed by atoms with Crippen LogP contribution in [-0.4, -0.2) is 106 Å². The van der Waals surface area contributed by atoms with Crippen LogP contribution < -0.4 is 19.9 Å². The van der Waals surface area contributed by atoms with Crippen molar-refractivity contribution >= 4 is 44.0 Å². The smallest absolute Gasteiger partial charge is 0.335 e. The van der Waals surface area contributed by atoms with Crippen molar-refractivity contribution in [3.05, 3.63) is 64.3 Å². The Morgan fingerprint density at radius 1 is 0.977 bits per heavy atom. The van der Waals surface area contributed by atoms with E-state index in [9.17, 15) is 30.0 Å². The first-order chi connectivity index (χ1) is 21.3. The summed E-state index contributed by atoms with van der Waals surface area (Å²) in [6, 6.07) is 14.7. The number of carbonyl (C=O) groups is 1. The van der Waals surface area contributed by atoms with Crippen molar-refractivity contribution < 1.29 is 39.4 Å². The van der Waals surface area contributed by atoms with Crippen molar-refractivity contribution in [3.8, 4) is 11.5 Å². The zero-order valence-electron chi connectivity index (χ0n) is 23.9. The molecule has 4 aromatic rings. The minimum atomic E-state index is -1.78. The molecule has 2 aliphatic heterocycles. The maximum Gasteiger partial charge on any atom is 0.335 e. The van der Waals surface area contributed by atoms with Gasteiger partial charge in [-0.1, -0.05) is 0 Å². The van der Waals surface area contributed by atoms with Crippen molar-refractivity contribution in [2.45, 2.75) is 43.5 Å². The van der Waals surface area contributed by atoms with Gasteiger partial charge in [0.05, 0.1) is 16.8 Å². The summed E-state index contributed by atoms with van der Waals surface area (Å²) in [5, 5.41) is 43.7. The first kappa shape index (κ1) is 30.3. The molecule has 12 nitrogen and oxygen atoms in total. The Labute approximate surface area is 256 Å². The van der Waals surface area contributed by atoms with Gasteiger partial charge in [0.25, 0.3) is 0 Å². The van der Waals surface area contributed by atoms with Crippen LogP contribution in [-0.2, 0) is 9.53 Å².